The molecule has 4 heteroatoms. The molecule has 0 saturated carbocycles. The second kappa shape index (κ2) is 13.8. The van der Waals surface area contributed by atoms with E-state index in [4.69, 9.17) is 0 Å². The van der Waals surface area contributed by atoms with Gasteiger partial charge in [-0.05, 0) is 22.8 Å². The number of hydrogen-bond donors (Lipinski definition) is 2. The lowest BCUT2D eigenvalue weighted by atomic mass is 10.0. The first-order valence-electron chi connectivity index (χ1n) is 11.6. The van der Waals surface area contributed by atoms with Crippen LogP contribution >= 0.6 is 0 Å². The van der Waals surface area contributed by atoms with Crippen LogP contribution in [0.3, 0.4) is 0 Å². The highest BCUT2D eigenvalue weighted by molar-refractivity contribution is 5.85. The lowest BCUT2D eigenvalue weighted by Gasteiger charge is -2.15. The van der Waals surface area contributed by atoms with Crippen molar-refractivity contribution in [3.8, 4) is 0 Å². The molecule has 0 fully saturated rings. The van der Waals surface area contributed by atoms with E-state index in [9.17, 15) is 14.7 Å². The Morgan fingerprint density at radius 3 is 2.07 bits per heavy atom. The molecule has 0 saturated heterocycles. The summed E-state index contributed by atoms with van der Waals surface area (Å²) < 4.78 is 0. The SMILES string of the molecule is CCCCCCCCCCCCC(=O)NC(Cc1ccc2ccccc2c1)C(=O)O. The number of amides is 1. The molecular weight excluding hydrogens is 374 g/mol. The van der Waals surface area contributed by atoms with Crippen molar-refractivity contribution >= 4 is 22.6 Å². The van der Waals surface area contributed by atoms with Crippen molar-refractivity contribution in [2.75, 3.05) is 0 Å². The minimum atomic E-state index is -0.986. The Labute approximate surface area is 181 Å². The number of carbonyl (C=O) groups excluding carboxylic acids is 1. The molecule has 0 aromatic heterocycles. The maximum atomic E-state index is 12.2. The van der Waals surface area contributed by atoms with E-state index in [1.54, 1.807) is 0 Å². The number of unbranched alkanes of at least 4 members (excludes halogenated alkanes) is 9. The predicted octanol–water partition coefficient (Wildman–Crippen LogP) is 6.26. The Balaban J connectivity index is 1.66. The number of fused-ring (bicyclic) bond motifs is 1. The third-order valence-electron chi connectivity index (χ3n) is 5.64. The van der Waals surface area contributed by atoms with Crippen LogP contribution in [0.4, 0.5) is 0 Å². The Bertz CT molecular complexity index is 787. The van der Waals surface area contributed by atoms with E-state index in [2.05, 4.69) is 12.2 Å². The van der Waals surface area contributed by atoms with Crippen molar-refractivity contribution in [2.45, 2.75) is 90.0 Å². The zero-order valence-corrected chi connectivity index (χ0v) is 18.4. The van der Waals surface area contributed by atoms with E-state index in [1.165, 1.54) is 44.9 Å². The average molecular weight is 412 g/mol. The Morgan fingerprint density at radius 2 is 1.43 bits per heavy atom. The van der Waals surface area contributed by atoms with Crippen LogP contribution in [0.25, 0.3) is 10.8 Å². The van der Waals surface area contributed by atoms with Gasteiger partial charge in [-0.15, -0.1) is 0 Å². The molecule has 1 unspecified atom stereocenters. The number of benzene rings is 2. The number of carboxylic acid groups (broad SMARTS) is 1. The fourth-order valence-corrected chi connectivity index (χ4v) is 3.84. The second-order valence-electron chi connectivity index (χ2n) is 8.28. The highest BCUT2D eigenvalue weighted by Crippen LogP contribution is 2.17. The minimum Gasteiger partial charge on any atom is -0.480 e. The first kappa shape index (κ1) is 23.9. The van der Waals surface area contributed by atoms with E-state index in [0.29, 0.717) is 12.8 Å². The van der Waals surface area contributed by atoms with Gasteiger partial charge < -0.3 is 10.4 Å². The lowest BCUT2D eigenvalue weighted by Crippen LogP contribution is -2.42. The van der Waals surface area contributed by atoms with Crippen LogP contribution < -0.4 is 5.32 Å². The molecule has 30 heavy (non-hydrogen) atoms. The maximum Gasteiger partial charge on any atom is 0.326 e. The smallest absolute Gasteiger partial charge is 0.326 e. The molecule has 2 aromatic rings. The highest BCUT2D eigenvalue weighted by atomic mass is 16.4. The number of rotatable bonds is 15. The number of nitrogens with one attached hydrogen (secondary N) is 1. The van der Waals surface area contributed by atoms with Crippen molar-refractivity contribution in [3.63, 3.8) is 0 Å². The van der Waals surface area contributed by atoms with Crippen molar-refractivity contribution < 1.29 is 14.7 Å². The van der Waals surface area contributed by atoms with Gasteiger partial charge in [-0.3, -0.25) is 4.79 Å². The topological polar surface area (TPSA) is 66.4 Å². The van der Waals surface area contributed by atoms with Gasteiger partial charge in [-0.1, -0.05) is 107 Å². The lowest BCUT2D eigenvalue weighted by molar-refractivity contribution is -0.141. The van der Waals surface area contributed by atoms with Gasteiger partial charge in [0.1, 0.15) is 6.04 Å². The quantitative estimate of drug-likeness (QED) is 0.340. The third-order valence-corrected chi connectivity index (χ3v) is 5.64. The van der Waals surface area contributed by atoms with E-state index in [-0.39, 0.29) is 5.91 Å². The summed E-state index contributed by atoms with van der Waals surface area (Å²) in [7, 11) is 0. The largest absolute Gasteiger partial charge is 0.480 e. The van der Waals surface area contributed by atoms with E-state index < -0.39 is 12.0 Å². The van der Waals surface area contributed by atoms with Crippen LogP contribution in [0.5, 0.6) is 0 Å². The van der Waals surface area contributed by atoms with Gasteiger partial charge >= 0.3 is 5.97 Å². The van der Waals surface area contributed by atoms with Crippen LogP contribution in [-0.4, -0.2) is 23.0 Å². The van der Waals surface area contributed by atoms with Crippen molar-refractivity contribution in [1.29, 1.82) is 0 Å². The predicted molar refractivity (Wildman–Crippen MR) is 124 cm³/mol. The van der Waals surface area contributed by atoms with Gasteiger partial charge in [-0.2, -0.15) is 0 Å². The summed E-state index contributed by atoms with van der Waals surface area (Å²) in [6.45, 7) is 2.23. The summed E-state index contributed by atoms with van der Waals surface area (Å²) in [5.41, 5.74) is 0.917. The summed E-state index contributed by atoms with van der Waals surface area (Å²) >= 11 is 0. The van der Waals surface area contributed by atoms with Crippen LogP contribution in [0.1, 0.15) is 83.1 Å². The van der Waals surface area contributed by atoms with Gasteiger partial charge in [-0.25, -0.2) is 4.79 Å². The van der Waals surface area contributed by atoms with Crippen LogP contribution in [0.2, 0.25) is 0 Å². The standard InChI is InChI=1S/C26H37NO3/c1-2-3-4-5-6-7-8-9-10-11-16-25(28)27-24(26(29)30)20-21-17-18-22-14-12-13-15-23(22)19-21/h12-15,17-19,24H,2-11,16,20H2,1H3,(H,27,28)(H,29,30). The first-order valence-corrected chi connectivity index (χ1v) is 11.6. The van der Waals surface area contributed by atoms with Crippen molar-refractivity contribution in [3.05, 3.63) is 48.0 Å². The Morgan fingerprint density at radius 1 is 0.833 bits per heavy atom. The molecule has 0 radical (unpaired) electrons. The fraction of sp³-hybridized carbons (Fsp3) is 0.538. The average Bonchev–Trinajstić information content (AvgIpc) is 2.74. The monoisotopic (exact) mass is 411 g/mol. The fourth-order valence-electron chi connectivity index (χ4n) is 3.84. The van der Waals surface area contributed by atoms with Gasteiger partial charge in [0.25, 0.3) is 0 Å². The third kappa shape index (κ3) is 8.98. The Kier molecular flexibility index (Phi) is 11.0. The minimum absolute atomic E-state index is 0.164. The highest BCUT2D eigenvalue weighted by Gasteiger charge is 2.20. The molecule has 0 spiro atoms. The molecule has 0 bridgehead atoms. The summed E-state index contributed by atoms with van der Waals surface area (Å²) in [6.07, 6.45) is 12.8. The molecule has 2 aromatic carbocycles. The van der Waals surface area contributed by atoms with Crippen LogP contribution in [0.15, 0.2) is 42.5 Å². The summed E-state index contributed by atoms with van der Waals surface area (Å²) in [4.78, 5) is 23.9. The van der Waals surface area contributed by atoms with Gasteiger partial charge in [0.15, 0.2) is 0 Å². The maximum absolute atomic E-state index is 12.2. The summed E-state index contributed by atoms with van der Waals surface area (Å²) in [5.74, 6) is -1.15. The zero-order chi connectivity index (χ0) is 21.6. The van der Waals surface area contributed by atoms with Crippen molar-refractivity contribution in [2.24, 2.45) is 0 Å². The molecule has 2 N–H and O–H groups in total. The van der Waals surface area contributed by atoms with Gasteiger partial charge in [0.05, 0.1) is 0 Å². The molecule has 0 aliphatic carbocycles. The van der Waals surface area contributed by atoms with Crippen LogP contribution in [-0.2, 0) is 16.0 Å². The van der Waals surface area contributed by atoms with Gasteiger partial charge in [0.2, 0.25) is 5.91 Å². The molecule has 164 valence electrons. The molecule has 1 atom stereocenters. The van der Waals surface area contributed by atoms with Crippen LogP contribution in [0, 0.1) is 0 Å². The summed E-state index contributed by atoms with van der Waals surface area (Å²) in [5, 5.41) is 14.4. The van der Waals surface area contributed by atoms with Gasteiger partial charge in [0, 0.05) is 12.8 Å². The Hall–Kier alpha value is -2.36. The number of carboxylic acids is 1. The van der Waals surface area contributed by atoms with E-state index in [1.807, 2.05) is 42.5 Å². The number of hydrogen-bond acceptors (Lipinski definition) is 2. The van der Waals surface area contributed by atoms with E-state index >= 15 is 0 Å². The molecule has 2 rings (SSSR count). The molecule has 0 aliphatic heterocycles. The molecular formula is C26H37NO3. The molecule has 1 amide bonds. The normalized spacial score (nSPS) is 12.0. The zero-order valence-electron chi connectivity index (χ0n) is 18.4. The second-order valence-corrected chi connectivity index (χ2v) is 8.28. The number of carbonyl (C=O) groups is 2. The molecule has 0 aliphatic rings. The molecule has 4 nitrogen and oxygen atoms in total. The first-order chi connectivity index (χ1) is 14.6. The molecule has 0 heterocycles. The summed E-state index contributed by atoms with van der Waals surface area (Å²) in [6, 6.07) is 13.0. The number of aliphatic carboxylic acids is 1. The van der Waals surface area contributed by atoms with Crippen molar-refractivity contribution in [1.82, 2.24) is 5.32 Å². The van der Waals surface area contributed by atoms with E-state index in [0.717, 1.165) is 35.6 Å².